The molecule has 1 aliphatic rings. The van der Waals surface area contributed by atoms with Gasteiger partial charge in [-0.1, -0.05) is 37.4 Å². The molecule has 1 fully saturated rings. The Kier molecular flexibility index (Phi) is 6.13. The third-order valence-corrected chi connectivity index (χ3v) is 5.68. The van der Waals surface area contributed by atoms with Gasteiger partial charge in [0.25, 0.3) is 0 Å². The zero-order valence-corrected chi connectivity index (χ0v) is 15.6. The predicted molar refractivity (Wildman–Crippen MR) is 101 cm³/mol. The van der Waals surface area contributed by atoms with Gasteiger partial charge in [0.05, 0.1) is 5.25 Å². The summed E-state index contributed by atoms with van der Waals surface area (Å²) < 4.78 is 14.4. The van der Waals surface area contributed by atoms with E-state index in [-0.39, 0.29) is 23.0 Å². The third kappa shape index (κ3) is 4.55. The molecule has 0 bridgehead atoms. The first kappa shape index (κ1) is 18.7. The molecule has 1 aliphatic carbocycles. The van der Waals surface area contributed by atoms with E-state index < -0.39 is 0 Å². The first-order valence-electron chi connectivity index (χ1n) is 8.98. The second-order valence-electron chi connectivity index (χ2n) is 6.64. The van der Waals surface area contributed by atoms with E-state index >= 15 is 0 Å². The molecule has 1 saturated carbocycles. The monoisotopic (exact) mass is 377 g/mol. The van der Waals surface area contributed by atoms with Gasteiger partial charge in [0.1, 0.15) is 5.82 Å². The maximum Gasteiger partial charge on any atom is 0.233 e. The SMILES string of the molecule is C[C@@H](Sc1nnc(-c2ccc(F)cc2)n1N)C(=O)NC1CCCCCC1. The smallest absolute Gasteiger partial charge is 0.233 e. The standard InChI is InChI=1S/C18H24FN5OS/c1-12(17(25)21-15-6-4-2-3-5-7-15)26-18-23-22-16(24(18)20)13-8-10-14(19)11-9-13/h8-12,15H,2-7,20H2,1H3,(H,21,25)/t12-/m1/s1. The van der Waals surface area contributed by atoms with Crippen LogP contribution in [0.15, 0.2) is 29.4 Å². The Morgan fingerprint density at radius 3 is 2.54 bits per heavy atom. The number of nitrogens with two attached hydrogens (primary N) is 1. The number of aromatic nitrogens is 3. The molecule has 0 radical (unpaired) electrons. The number of carbonyl (C=O) groups is 1. The Bertz CT molecular complexity index is 741. The molecular formula is C18H24FN5OS. The van der Waals surface area contributed by atoms with Gasteiger partial charge in [0.2, 0.25) is 11.1 Å². The van der Waals surface area contributed by atoms with Crippen molar-refractivity contribution in [1.29, 1.82) is 0 Å². The highest BCUT2D eigenvalue weighted by Crippen LogP contribution is 2.25. The summed E-state index contributed by atoms with van der Waals surface area (Å²) in [7, 11) is 0. The van der Waals surface area contributed by atoms with Crippen molar-refractivity contribution in [3.05, 3.63) is 30.1 Å². The molecule has 6 nitrogen and oxygen atoms in total. The van der Waals surface area contributed by atoms with Crippen LogP contribution in [0.4, 0.5) is 4.39 Å². The molecule has 140 valence electrons. The van der Waals surface area contributed by atoms with Gasteiger partial charge in [-0.15, -0.1) is 10.2 Å². The van der Waals surface area contributed by atoms with Crippen molar-refractivity contribution < 1.29 is 9.18 Å². The first-order valence-corrected chi connectivity index (χ1v) is 9.86. The van der Waals surface area contributed by atoms with Crippen molar-refractivity contribution in [2.45, 2.75) is 61.9 Å². The molecule has 3 N–H and O–H groups in total. The van der Waals surface area contributed by atoms with Crippen molar-refractivity contribution in [1.82, 2.24) is 20.2 Å². The fraction of sp³-hybridized carbons (Fsp3) is 0.500. The highest BCUT2D eigenvalue weighted by molar-refractivity contribution is 8.00. The molecule has 8 heteroatoms. The largest absolute Gasteiger partial charge is 0.352 e. The molecule has 0 saturated heterocycles. The molecule has 1 aromatic carbocycles. The van der Waals surface area contributed by atoms with Crippen LogP contribution in [0.3, 0.4) is 0 Å². The normalized spacial score (nSPS) is 16.8. The number of amides is 1. The number of nitrogen functional groups attached to an aromatic ring is 1. The van der Waals surface area contributed by atoms with Crippen LogP contribution in [-0.4, -0.2) is 32.1 Å². The topological polar surface area (TPSA) is 85.8 Å². The van der Waals surface area contributed by atoms with Crippen molar-refractivity contribution in [2.75, 3.05) is 5.84 Å². The Hall–Kier alpha value is -2.09. The molecular weight excluding hydrogens is 353 g/mol. The van der Waals surface area contributed by atoms with Gasteiger partial charge in [0.15, 0.2) is 5.82 Å². The second kappa shape index (κ2) is 8.53. The minimum Gasteiger partial charge on any atom is -0.352 e. The number of hydrogen-bond donors (Lipinski definition) is 2. The third-order valence-electron chi connectivity index (χ3n) is 4.62. The number of halogens is 1. The van der Waals surface area contributed by atoms with Crippen molar-refractivity contribution in [3.63, 3.8) is 0 Å². The number of nitrogens with zero attached hydrogens (tertiary/aromatic N) is 3. The highest BCUT2D eigenvalue weighted by atomic mass is 32.2. The number of carbonyl (C=O) groups excluding carboxylic acids is 1. The van der Waals surface area contributed by atoms with E-state index in [1.165, 1.54) is 54.3 Å². The van der Waals surface area contributed by atoms with Crippen molar-refractivity contribution in [3.8, 4) is 11.4 Å². The lowest BCUT2D eigenvalue weighted by Gasteiger charge is -2.19. The molecule has 0 aliphatic heterocycles. The van der Waals surface area contributed by atoms with Gasteiger partial charge in [-0.25, -0.2) is 9.07 Å². The number of hydrogen-bond acceptors (Lipinski definition) is 5. The van der Waals surface area contributed by atoms with E-state index in [1.807, 2.05) is 6.92 Å². The van der Waals surface area contributed by atoms with Crippen LogP contribution in [0.5, 0.6) is 0 Å². The van der Waals surface area contributed by atoms with Crippen LogP contribution in [0.25, 0.3) is 11.4 Å². The summed E-state index contributed by atoms with van der Waals surface area (Å²) in [6.45, 7) is 1.84. The summed E-state index contributed by atoms with van der Waals surface area (Å²) in [5.41, 5.74) is 0.670. The van der Waals surface area contributed by atoms with Crippen LogP contribution in [0.1, 0.15) is 45.4 Å². The lowest BCUT2D eigenvalue weighted by Crippen LogP contribution is -2.39. The summed E-state index contributed by atoms with van der Waals surface area (Å²) >= 11 is 1.27. The Morgan fingerprint density at radius 2 is 1.88 bits per heavy atom. The Labute approximate surface area is 156 Å². The number of thioether (sulfide) groups is 1. The summed E-state index contributed by atoms with van der Waals surface area (Å²) in [5, 5.41) is 11.4. The maximum atomic E-state index is 13.1. The molecule has 1 heterocycles. The molecule has 1 atom stereocenters. The number of benzene rings is 1. The van der Waals surface area contributed by atoms with E-state index in [0.29, 0.717) is 16.5 Å². The van der Waals surface area contributed by atoms with E-state index in [9.17, 15) is 9.18 Å². The van der Waals surface area contributed by atoms with Crippen LogP contribution in [0, 0.1) is 5.82 Å². The van der Waals surface area contributed by atoms with Crippen molar-refractivity contribution >= 4 is 17.7 Å². The summed E-state index contributed by atoms with van der Waals surface area (Å²) in [6, 6.07) is 6.15. The molecule has 1 aromatic heterocycles. The lowest BCUT2D eigenvalue weighted by atomic mass is 10.1. The van der Waals surface area contributed by atoms with Gasteiger partial charge in [-0.05, 0) is 44.0 Å². The highest BCUT2D eigenvalue weighted by Gasteiger charge is 2.22. The minimum atomic E-state index is -0.328. The molecule has 2 aromatic rings. The number of nitrogens with one attached hydrogen (secondary N) is 1. The van der Waals surface area contributed by atoms with Crippen LogP contribution in [0.2, 0.25) is 0 Å². The molecule has 0 unspecified atom stereocenters. The van der Waals surface area contributed by atoms with Crippen LogP contribution < -0.4 is 11.2 Å². The van der Waals surface area contributed by atoms with Crippen molar-refractivity contribution in [2.24, 2.45) is 0 Å². The predicted octanol–water partition coefficient (Wildman–Crippen LogP) is 3.12. The van der Waals surface area contributed by atoms with E-state index in [1.54, 1.807) is 12.1 Å². The van der Waals surface area contributed by atoms with Gasteiger partial charge in [0, 0.05) is 11.6 Å². The first-order chi connectivity index (χ1) is 12.5. The van der Waals surface area contributed by atoms with Gasteiger partial charge in [-0.3, -0.25) is 4.79 Å². The van der Waals surface area contributed by atoms with Crippen LogP contribution in [-0.2, 0) is 4.79 Å². The quantitative estimate of drug-likeness (QED) is 0.475. The molecule has 26 heavy (non-hydrogen) atoms. The molecule has 3 rings (SSSR count). The second-order valence-corrected chi connectivity index (χ2v) is 7.95. The minimum absolute atomic E-state index is 0.00627. The summed E-state index contributed by atoms with van der Waals surface area (Å²) in [4.78, 5) is 12.5. The fourth-order valence-corrected chi connectivity index (χ4v) is 3.89. The lowest BCUT2D eigenvalue weighted by molar-refractivity contribution is -0.121. The maximum absolute atomic E-state index is 13.1. The summed E-state index contributed by atoms with van der Waals surface area (Å²) in [5.74, 6) is 6.18. The van der Waals surface area contributed by atoms with E-state index in [0.717, 1.165) is 12.8 Å². The average molecular weight is 377 g/mol. The zero-order valence-electron chi connectivity index (χ0n) is 14.8. The van der Waals surface area contributed by atoms with Gasteiger partial charge < -0.3 is 11.2 Å². The molecule has 0 spiro atoms. The zero-order chi connectivity index (χ0) is 18.5. The fourth-order valence-electron chi connectivity index (χ4n) is 3.11. The Balaban J connectivity index is 1.63. The average Bonchev–Trinajstić information content (AvgIpc) is 2.83. The van der Waals surface area contributed by atoms with E-state index in [4.69, 9.17) is 5.84 Å². The van der Waals surface area contributed by atoms with Gasteiger partial charge >= 0.3 is 0 Å². The van der Waals surface area contributed by atoms with Gasteiger partial charge in [-0.2, -0.15) is 0 Å². The van der Waals surface area contributed by atoms with Crippen LogP contribution >= 0.6 is 11.8 Å². The number of rotatable bonds is 5. The Morgan fingerprint density at radius 1 is 1.23 bits per heavy atom. The summed E-state index contributed by atoms with van der Waals surface area (Å²) in [6.07, 6.45) is 6.93. The van der Waals surface area contributed by atoms with E-state index in [2.05, 4.69) is 15.5 Å². The molecule has 1 amide bonds.